The number of methoxy groups -OCH3 is 5. The van der Waals surface area contributed by atoms with Crippen molar-refractivity contribution in [3.63, 3.8) is 0 Å². The van der Waals surface area contributed by atoms with Gasteiger partial charge in [-0.25, -0.2) is 0 Å². The number of carboxylic acid groups (broad SMARTS) is 1. The molecule has 2 saturated heterocycles. The Morgan fingerprint density at radius 2 is 1.22 bits per heavy atom. The van der Waals surface area contributed by atoms with Crippen LogP contribution in [0.5, 0.6) is 0 Å². The fourth-order valence-corrected chi connectivity index (χ4v) is 9.66. The SMILES string of the molecule is COC(=O)CC1C(C(=O)O)[C@](C)(C(=O)OC)[C@]2(C)COC(OC)C12.COC(=O)CC1C2C3OCC2(C)C(C)(C(=O)OC)C1C3=O. The largest absolute Gasteiger partial charge is 0.481 e. The molecule has 14 heteroatoms. The smallest absolute Gasteiger partial charge is 0.313 e. The number of hydrogen-bond donors (Lipinski definition) is 1. The molecule has 12 atom stereocenters. The molecule has 0 aromatic rings. The first-order chi connectivity index (χ1) is 21.0. The maximum absolute atomic E-state index is 12.6. The van der Waals surface area contributed by atoms with Gasteiger partial charge in [-0.3, -0.25) is 28.8 Å². The summed E-state index contributed by atoms with van der Waals surface area (Å²) < 4.78 is 36.0. The van der Waals surface area contributed by atoms with Crippen molar-refractivity contribution in [3.8, 4) is 0 Å². The van der Waals surface area contributed by atoms with Gasteiger partial charge in [0.2, 0.25) is 0 Å². The summed E-state index contributed by atoms with van der Waals surface area (Å²) in [4.78, 5) is 73.2. The molecule has 0 aromatic carbocycles. The van der Waals surface area contributed by atoms with E-state index in [0.29, 0.717) is 6.61 Å². The molecule has 3 saturated carbocycles. The van der Waals surface area contributed by atoms with Gasteiger partial charge in [0.1, 0.15) is 6.10 Å². The van der Waals surface area contributed by atoms with Gasteiger partial charge in [0.05, 0.1) is 58.4 Å². The number of rotatable bonds is 8. The lowest BCUT2D eigenvalue weighted by Gasteiger charge is -2.42. The standard InChI is InChI=1S/C16H24O8.C15H20O6/c1-15-7-24-13(22-4)11(15)8(6-9(17)21-3)10(12(18)19)16(15,2)14(20)23-5;1-14-6-21-12-10(14)7(5-8(16)19-3)9(11(12)17)15(14,2)13(18)20-4/h8,10-11,13H,6-7H2,1-5H3,(H,18,19);7,9-10,12H,5-6H2,1-4H3/t8?,10?,11?,13?,15-,16-;/m1./s1. The van der Waals surface area contributed by atoms with E-state index in [0.717, 1.165) is 0 Å². The Morgan fingerprint density at radius 3 is 1.71 bits per heavy atom. The summed E-state index contributed by atoms with van der Waals surface area (Å²) in [6.07, 6.45) is -1.19. The summed E-state index contributed by atoms with van der Waals surface area (Å²) >= 11 is 0. The Bertz CT molecular complexity index is 1260. The monoisotopic (exact) mass is 640 g/mol. The molecule has 2 aliphatic heterocycles. The van der Waals surface area contributed by atoms with Crippen molar-refractivity contribution in [2.75, 3.05) is 48.8 Å². The van der Waals surface area contributed by atoms with E-state index in [1.807, 2.05) is 6.92 Å². The van der Waals surface area contributed by atoms with Gasteiger partial charge in [0.25, 0.3) is 0 Å². The lowest BCUT2D eigenvalue weighted by Crippen LogP contribution is -2.52. The van der Waals surface area contributed by atoms with Crippen LogP contribution in [0.3, 0.4) is 0 Å². The van der Waals surface area contributed by atoms with Crippen molar-refractivity contribution in [2.24, 2.45) is 57.2 Å². The minimum absolute atomic E-state index is 0.0724. The summed E-state index contributed by atoms with van der Waals surface area (Å²) in [7, 11) is 6.57. The maximum Gasteiger partial charge on any atom is 0.313 e. The minimum Gasteiger partial charge on any atom is -0.481 e. The van der Waals surface area contributed by atoms with Crippen LogP contribution in [-0.4, -0.2) is 102 Å². The van der Waals surface area contributed by atoms with Crippen molar-refractivity contribution in [1.82, 2.24) is 0 Å². The van der Waals surface area contributed by atoms with Gasteiger partial charge in [-0.1, -0.05) is 13.8 Å². The second-order valence-corrected chi connectivity index (χ2v) is 13.5. The molecule has 252 valence electrons. The molecule has 2 heterocycles. The zero-order valence-corrected chi connectivity index (χ0v) is 27.2. The average Bonchev–Trinajstić information content (AvgIpc) is 3.71. The third-order valence-electron chi connectivity index (χ3n) is 12.2. The van der Waals surface area contributed by atoms with E-state index < -0.39 is 81.6 Å². The second-order valence-electron chi connectivity index (χ2n) is 13.5. The van der Waals surface area contributed by atoms with Crippen LogP contribution in [0.15, 0.2) is 0 Å². The molecule has 0 spiro atoms. The molecule has 1 N–H and O–H groups in total. The molecule has 45 heavy (non-hydrogen) atoms. The molecule has 10 unspecified atom stereocenters. The molecule has 5 aliphatic rings. The summed E-state index contributed by atoms with van der Waals surface area (Å²) in [6.45, 7) is 7.59. The number of carboxylic acids is 1. The first kappa shape index (κ1) is 34.8. The molecule has 5 fully saturated rings. The summed E-state index contributed by atoms with van der Waals surface area (Å²) in [5.41, 5.74) is -3.63. The number of ketones is 1. The molecule has 0 aromatic heterocycles. The normalized spacial score (nSPS) is 43.6. The number of Topliss-reactive ketones (excluding diaryl/α,β-unsaturated/α-hetero) is 1. The molecule has 0 radical (unpaired) electrons. The Labute approximate surface area is 261 Å². The third kappa shape index (κ3) is 4.53. The number of carbonyl (C=O) groups excluding carboxylic acids is 5. The van der Waals surface area contributed by atoms with Gasteiger partial charge < -0.3 is 38.3 Å². The van der Waals surface area contributed by atoms with Crippen LogP contribution in [0.4, 0.5) is 0 Å². The van der Waals surface area contributed by atoms with Crippen molar-refractivity contribution in [1.29, 1.82) is 0 Å². The highest BCUT2D eigenvalue weighted by Crippen LogP contribution is 2.72. The van der Waals surface area contributed by atoms with Gasteiger partial charge in [-0.15, -0.1) is 0 Å². The van der Waals surface area contributed by atoms with Gasteiger partial charge in [0, 0.05) is 48.5 Å². The Hall–Kier alpha value is -3.10. The fourth-order valence-electron chi connectivity index (χ4n) is 9.66. The van der Waals surface area contributed by atoms with E-state index >= 15 is 0 Å². The second kappa shape index (κ2) is 11.9. The molecule has 2 bridgehead atoms. The highest BCUT2D eigenvalue weighted by molar-refractivity contribution is 5.98. The first-order valence-corrected chi connectivity index (χ1v) is 14.8. The summed E-state index contributed by atoms with van der Waals surface area (Å²) in [5.74, 6) is -6.26. The number of ether oxygens (including phenoxy) is 7. The lowest BCUT2D eigenvalue weighted by atomic mass is 9.58. The molecule has 0 amide bonds. The average molecular weight is 641 g/mol. The van der Waals surface area contributed by atoms with Crippen LogP contribution in [0.1, 0.15) is 40.5 Å². The Balaban J connectivity index is 0.000000206. The Kier molecular flexibility index (Phi) is 9.21. The lowest BCUT2D eigenvalue weighted by molar-refractivity contribution is -0.173. The Morgan fingerprint density at radius 1 is 0.733 bits per heavy atom. The van der Waals surface area contributed by atoms with Crippen molar-refractivity contribution in [3.05, 3.63) is 0 Å². The highest BCUT2D eigenvalue weighted by Gasteiger charge is 2.80. The van der Waals surface area contributed by atoms with Crippen LogP contribution in [-0.2, 0) is 61.9 Å². The maximum atomic E-state index is 12.6. The van der Waals surface area contributed by atoms with Gasteiger partial charge in [-0.05, 0) is 25.7 Å². The number of aliphatic carboxylic acids is 1. The summed E-state index contributed by atoms with van der Waals surface area (Å²) in [6, 6.07) is 0. The third-order valence-corrected chi connectivity index (χ3v) is 12.2. The van der Waals surface area contributed by atoms with Gasteiger partial charge >= 0.3 is 29.8 Å². The van der Waals surface area contributed by atoms with Gasteiger partial charge in [0.15, 0.2) is 12.1 Å². The van der Waals surface area contributed by atoms with Crippen molar-refractivity contribution in [2.45, 2.75) is 52.9 Å². The quantitative estimate of drug-likeness (QED) is 0.295. The van der Waals surface area contributed by atoms with E-state index in [1.54, 1.807) is 20.8 Å². The minimum atomic E-state index is -1.36. The molecular formula is C31H44O14. The van der Waals surface area contributed by atoms with E-state index in [1.165, 1.54) is 35.5 Å². The number of hydrogen-bond acceptors (Lipinski definition) is 13. The van der Waals surface area contributed by atoms with Crippen LogP contribution >= 0.6 is 0 Å². The predicted molar refractivity (Wildman–Crippen MR) is 150 cm³/mol. The van der Waals surface area contributed by atoms with E-state index in [2.05, 4.69) is 0 Å². The first-order valence-electron chi connectivity index (χ1n) is 14.8. The molecule has 14 nitrogen and oxygen atoms in total. The van der Waals surface area contributed by atoms with Crippen LogP contribution in [0, 0.1) is 57.2 Å². The molecule has 5 rings (SSSR count). The van der Waals surface area contributed by atoms with E-state index in [-0.39, 0.29) is 43.0 Å². The van der Waals surface area contributed by atoms with Gasteiger partial charge in [-0.2, -0.15) is 0 Å². The van der Waals surface area contributed by atoms with Crippen LogP contribution in [0.25, 0.3) is 0 Å². The zero-order valence-electron chi connectivity index (χ0n) is 27.2. The summed E-state index contributed by atoms with van der Waals surface area (Å²) in [5, 5.41) is 9.84. The van der Waals surface area contributed by atoms with Crippen LogP contribution < -0.4 is 0 Å². The predicted octanol–water partition coefficient (Wildman–Crippen LogP) is 1.26. The number of fused-ring (bicyclic) bond motifs is 2. The molecule has 3 aliphatic carbocycles. The van der Waals surface area contributed by atoms with E-state index in [9.17, 15) is 33.9 Å². The highest BCUT2D eigenvalue weighted by atomic mass is 16.7. The van der Waals surface area contributed by atoms with E-state index in [4.69, 9.17) is 33.2 Å². The fraction of sp³-hybridized carbons (Fsp3) is 0.806. The van der Waals surface area contributed by atoms with Crippen molar-refractivity contribution >= 4 is 35.6 Å². The van der Waals surface area contributed by atoms with Crippen LogP contribution in [0.2, 0.25) is 0 Å². The topological polar surface area (TPSA) is 187 Å². The molecular weight excluding hydrogens is 596 g/mol. The zero-order chi connectivity index (χ0) is 33.9. The van der Waals surface area contributed by atoms with Crippen molar-refractivity contribution < 1.29 is 67.0 Å². The number of carbonyl (C=O) groups is 6. The number of esters is 4.